The first-order valence-corrected chi connectivity index (χ1v) is 12.1. The minimum Gasteiger partial charge on any atom is -0.389 e. The van der Waals surface area contributed by atoms with Gasteiger partial charge < -0.3 is 25.2 Å². The van der Waals surface area contributed by atoms with Gasteiger partial charge in [-0.2, -0.15) is 5.10 Å². The molecule has 36 heavy (non-hydrogen) atoms. The summed E-state index contributed by atoms with van der Waals surface area (Å²) in [7, 11) is 1.77. The van der Waals surface area contributed by atoms with E-state index in [1.54, 1.807) is 18.5 Å². The van der Waals surface area contributed by atoms with E-state index in [1.807, 2.05) is 12.1 Å². The molecule has 11 heteroatoms. The van der Waals surface area contributed by atoms with Crippen molar-refractivity contribution < 1.29 is 14.7 Å². The fourth-order valence-corrected chi connectivity index (χ4v) is 5.00. The number of benzene rings is 1. The number of aliphatic hydroxyl groups is 1. The molecule has 3 heterocycles. The molecule has 0 spiro atoms. The average Bonchev–Trinajstić information content (AvgIpc) is 3.45. The fraction of sp³-hybridized carbons (Fsp3) is 0.440. The highest BCUT2D eigenvalue weighted by molar-refractivity contribution is 6.32. The molecule has 4 N–H and O–H groups in total. The van der Waals surface area contributed by atoms with Crippen LogP contribution in [0.3, 0.4) is 0 Å². The minimum atomic E-state index is -0.855. The Hall–Kier alpha value is -3.37. The van der Waals surface area contributed by atoms with Gasteiger partial charge in [-0.25, -0.2) is 4.98 Å². The molecule has 4 rings (SSSR count). The molecule has 0 radical (unpaired) electrons. The monoisotopic (exact) mass is 513 g/mol. The molecule has 0 aliphatic carbocycles. The van der Waals surface area contributed by atoms with Gasteiger partial charge in [-0.15, -0.1) is 0 Å². The third kappa shape index (κ3) is 4.83. The summed E-state index contributed by atoms with van der Waals surface area (Å²) in [6.45, 7) is 12.3. The number of aromatic amines is 1. The summed E-state index contributed by atoms with van der Waals surface area (Å²) >= 11 is 6.48. The van der Waals surface area contributed by atoms with Crippen LogP contribution in [0.1, 0.15) is 48.3 Å². The number of H-pyrrole nitrogens is 1. The van der Waals surface area contributed by atoms with Gasteiger partial charge in [0.2, 0.25) is 5.91 Å². The lowest BCUT2D eigenvalue weighted by atomic mass is 9.86. The quantitative estimate of drug-likeness (QED) is 0.375. The van der Waals surface area contributed by atoms with Crippen molar-refractivity contribution >= 4 is 40.1 Å². The largest absolute Gasteiger partial charge is 0.389 e. The first-order valence-electron chi connectivity index (χ1n) is 11.7. The number of β-amino-alcohol motifs (C(OH)–C–C–N with tert-alkyl or cyclic N) is 1. The standard InChI is InChI=1S/C25H32ClN7O3/c1-7-21(35)33-11-18(19(34)12-33)29-24(36)22-13(2)28-20(32(22)6)10-27-23-14-8-15(25(3,4)5)16(26)9-17(14)30-31-23/h7-9,18-19,34H,1,10-12H2,2-6H3,(H,29,36)(H2,27,30,31)/t18-,19+/m0/s1. The molecule has 1 fully saturated rings. The molecule has 0 saturated carbocycles. The Bertz CT molecular complexity index is 1340. The number of carbonyl (C=O) groups is 2. The van der Waals surface area contributed by atoms with Crippen LogP contribution >= 0.6 is 11.6 Å². The Labute approximate surface area is 214 Å². The highest BCUT2D eigenvalue weighted by atomic mass is 35.5. The first-order chi connectivity index (χ1) is 16.9. The van der Waals surface area contributed by atoms with Gasteiger partial charge in [-0.1, -0.05) is 39.0 Å². The number of aromatic nitrogens is 4. The van der Waals surface area contributed by atoms with E-state index < -0.39 is 12.1 Å². The van der Waals surface area contributed by atoms with Gasteiger partial charge in [0.15, 0.2) is 5.82 Å². The number of nitrogens with zero attached hydrogens (tertiary/aromatic N) is 4. The Morgan fingerprint density at radius 1 is 1.33 bits per heavy atom. The smallest absolute Gasteiger partial charge is 0.270 e. The molecular weight excluding hydrogens is 482 g/mol. The van der Waals surface area contributed by atoms with Gasteiger partial charge in [-0.3, -0.25) is 14.7 Å². The van der Waals surface area contributed by atoms with E-state index in [-0.39, 0.29) is 30.3 Å². The zero-order valence-corrected chi connectivity index (χ0v) is 21.9. The molecule has 1 saturated heterocycles. The van der Waals surface area contributed by atoms with Crippen LogP contribution in [0.25, 0.3) is 10.9 Å². The van der Waals surface area contributed by atoms with Crippen LogP contribution < -0.4 is 10.6 Å². The van der Waals surface area contributed by atoms with Crippen LogP contribution in [0.4, 0.5) is 5.82 Å². The number of rotatable bonds is 6. The van der Waals surface area contributed by atoms with E-state index in [1.165, 1.54) is 11.0 Å². The number of aliphatic hydroxyl groups excluding tert-OH is 1. The van der Waals surface area contributed by atoms with E-state index in [0.717, 1.165) is 16.5 Å². The highest BCUT2D eigenvalue weighted by Crippen LogP contribution is 2.34. The Kier molecular flexibility index (Phi) is 6.85. The molecule has 0 bridgehead atoms. The average molecular weight is 514 g/mol. The molecular formula is C25H32ClN7O3. The molecule has 1 aromatic carbocycles. The SMILES string of the molecule is C=CC(=O)N1C[C@@H](O)[C@@H](NC(=O)c2c(C)nc(CNc3n[nH]c4cc(Cl)c(C(C)(C)C)cc34)n2C)C1. The van der Waals surface area contributed by atoms with Crippen molar-refractivity contribution in [2.75, 3.05) is 18.4 Å². The summed E-state index contributed by atoms with van der Waals surface area (Å²) in [4.78, 5) is 30.9. The van der Waals surface area contributed by atoms with Gasteiger partial charge in [-0.05, 0) is 36.1 Å². The van der Waals surface area contributed by atoms with Crippen molar-refractivity contribution in [3.63, 3.8) is 0 Å². The van der Waals surface area contributed by atoms with Gasteiger partial charge in [0.25, 0.3) is 5.91 Å². The lowest BCUT2D eigenvalue weighted by Gasteiger charge is -2.20. The number of amides is 2. The summed E-state index contributed by atoms with van der Waals surface area (Å²) in [5.41, 5.74) is 2.68. The number of halogens is 1. The third-order valence-corrected chi connectivity index (χ3v) is 6.85. The van der Waals surface area contributed by atoms with E-state index >= 15 is 0 Å². The fourth-order valence-electron chi connectivity index (χ4n) is 4.55. The Balaban J connectivity index is 1.50. The number of fused-ring (bicyclic) bond motifs is 1. The molecule has 2 atom stereocenters. The van der Waals surface area contributed by atoms with Crippen LogP contribution in [0.2, 0.25) is 5.02 Å². The van der Waals surface area contributed by atoms with Gasteiger partial charge in [0.05, 0.1) is 29.9 Å². The van der Waals surface area contributed by atoms with E-state index in [2.05, 4.69) is 53.2 Å². The predicted molar refractivity (Wildman–Crippen MR) is 139 cm³/mol. The number of anilines is 1. The van der Waals surface area contributed by atoms with Crippen molar-refractivity contribution in [2.24, 2.45) is 7.05 Å². The summed E-state index contributed by atoms with van der Waals surface area (Å²) in [5.74, 6) is 0.674. The minimum absolute atomic E-state index is 0.123. The predicted octanol–water partition coefficient (Wildman–Crippen LogP) is 2.66. The summed E-state index contributed by atoms with van der Waals surface area (Å²) < 4.78 is 1.72. The maximum atomic E-state index is 13.1. The normalized spacial score (nSPS) is 18.0. The zero-order chi connectivity index (χ0) is 26.4. The maximum absolute atomic E-state index is 13.1. The van der Waals surface area contributed by atoms with Crippen LogP contribution in [-0.4, -0.2) is 66.8 Å². The number of hydrogen-bond donors (Lipinski definition) is 4. The van der Waals surface area contributed by atoms with E-state index in [9.17, 15) is 14.7 Å². The lowest BCUT2D eigenvalue weighted by Crippen LogP contribution is -2.43. The first kappa shape index (κ1) is 25.7. The zero-order valence-electron chi connectivity index (χ0n) is 21.1. The second-order valence-corrected chi connectivity index (χ2v) is 10.6. The molecule has 0 unspecified atom stereocenters. The summed E-state index contributed by atoms with van der Waals surface area (Å²) in [6.07, 6.45) is 0.342. The van der Waals surface area contributed by atoms with Crippen LogP contribution in [-0.2, 0) is 23.8 Å². The van der Waals surface area contributed by atoms with Crippen molar-refractivity contribution in [1.82, 2.24) is 30.0 Å². The van der Waals surface area contributed by atoms with Crippen molar-refractivity contribution in [3.8, 4) is 0 Å². The van der Waals surface area contributed by atoms with Gasteiger partial charge in [0.1, 0.15) is 11.5 Å². The van der Waals surface area contributed by atoms with Crippen LogP contribution in [0, 0.1) is 6.92 Å². The second-order valence-electron chi connectivity index (χ2n) is 10.2. The Morgan fingerprint density at radius 2 is 2.06 bits per heavy atom. The number of imidazole rings is 1. The molecule has 2 aromatic heterocycles. The number of likely N-dealkylation sites (tertiary alicyclic amines) is 1. The third-order valence-electron chi connectivity index (χ3n) is 6.54. The number of aryl methyl sites for hydroxylation is 1. The maximum Gasteiger partial charge on any atom is 0.270 e. The van der Waals surface area contributed by atoms with E-state index in [4.69, 9.17) is 11.6 Å². The molecule has 3 aromatic rings. The van der Waals surface area contributed by atoms with Crippen molar-refractivity contribution in [1.29, 1.82) is 0 Å². The summed E-state index contributed by atoms with van der Waals surface area (Å²) in [5, 5.41) is 25.5. The lowest BCUT2D eigenvalue weighted by molar-refractivity contribution is -0.125. The molecule has 1 aliphatic heterocycles. The van der Waals surface area contributed by atoms with Crippen LogP contribution in [0.15, 0.2) is 24.8 Å². The van der Waals surface area contributed by atoms with Crippen LogP contribution in [0.5, 0.6) is 0 Å². The molecule has 1 aliphatic rings. The van der Waals surface area contributed by atoms with Crippen molar-refractivity contribution in [2.45, 2.75) is 51.8 Å². The van der Waals surface area contributed by atoms with Crippen molar-refractivity contribution in [3.05, 3.63) is 52.6 Å². The Morgan fingerprint density at radius 3 is 2.72 bits per heavy atom. The number of hydrogen-bond acceptors (Lipinski definition) is 6. The molecule has 192 valence electrons. The van der Waals surface area contributed by atoms with E-state index in [0.29, 0.717) is 34.6 Å². The van der Waals surface area contributed by atoms with Gasteiger partial charge in [0, 0.05) is 30.5 Å². The van der Waals surface area contributed by atoms with Gasteiger partial charge >= 0.3 is 0 Å². The number of carbonyl (C=O) groups excluding carboxylic acids is 2. The highest BCUT2D eigenvalue weighted by Gasteiger charge is 2.35. The molecule has 2 amide bonds. The summed E-state index contributed by atoms with van der Waals surface area (Å²) in [6, 6.07) is 3.35. The number of nitrogens with one attached hydrogen (secondary N) is 3. The topological polar surface area (TPSA) is 128 Å². The second kappa shape index (κ2) is 9.59. The molecule has 10 nitrogen and oxygen atoms in total.